The van der Waals surface area contributed by atoms with E-state index in [1.54, 1.807) is 12.1 Å². The summed E-state index contributed by atoms with van der Waals surface area (Å²) < 4.78 is 1.52. The maximum absolute atomic E-state index is 11.8. The maximum Gasteiger partial charge on any atom is 0.251 e. The molecule has 1 heterocycles. The van der Waals surface area contributed by atoms with E-state index in [0.717, 1.165) is 18.5 Å². The van der Waals surface area contributed by atoms with Crippen molar-refractivity contribution in [2.75, 3.05) is 0 Å². The second kappa shape index (κ2) is 3.97. The van der Waals surface area contributed by atoms with E-state index in [9.17, 15) is 4.79 Å². The van der Waals surface area contributed by atoms with Gasteiger partial charge in [0.15, 0.2) is 0 Å². The molecule has 0 saturated heterocycles. The lowest BCUT2D eigenvalue weighted by Crippen LogP contribution is -2.25. The lowest BCUT2D eigenvalue weighted by molar-refractivity contribution is 0.0951. The van der Waals surface area contributed by atoms with Gasteiger partial charge in [-0.05, 0) is 41.5 Å². The Labute approximate surface area is 97.6 Å². The molecular weight excluding hydrogens is 218 g/mol. The molecule has 0 bridgehead atoms. The number of amides is 1. The summed E-state index contributed by atoms with van der Waals surface area (Å²) in [6.45, 7) is 0. The highest BCUT2D eigenvalue weighted by atomic mass is 16.1. The molecule has 6 heteroatoms. The van der Waals surface area contributed by atoms with Gasteiger partial charge >= 0.3 is 0 Å². The van der Waals surface area contributed by atoms with Gasteiger partial charge in [-0.1, -0.05) is 6.07 Å². The van der Waals surface area contributed by atoms with Gasteiger partial charge in [0.25, 0.3) is 5.91 Å². The van der Waals surface area contributed by atoms with Crippen LogP contribution in [0.3, 0.4) is 0 Å². The van der Waals surface area contributed by atoms with Crippen LogP contribution in [0.2, 0.25) is 0 Å². The van der Waals surface area contributed by atoms with E-state index in [4.69, 9.17) is 0 Å². The van der Waals surface area contributed by atoms with Gasteiger partial charge in [-0.15, -0.1) is 5.10 Å². The Bertz CT molecular complexity index is 533. The molecule has 0 spiro atoms. The van der Waals surface area contributed by atoms with Crippen LogP contribution in [-0.2, 0) is 0 Å². The number of carbonyl (C=O) groups is 1. The van der Waals surface area contributed by atoms with Crippen molar-refractivity contribution in [3.63, 3.8) is 0 Å². The summed E-state index contributed by atoms with van der Waals surface area (Å²) in [5.41, 5.74) is 1.41. The highest BCUT2D eigenvalue weighted by Gasteiger charge is 2.23. The number of hydrogen-bond donors (Lipinski definition) is 1. The Hall–Kier alpha value is -2.24. The van der Waals surface area contributed by atoms with Gasteiger partial charge < -0.3 is 5.32 Å². The third-order valence-corrected chi connectivity index (χ3v) is 2.63. The van der Waals surface area contributed by atoms with E-state index in [0.29, 0.717) is 11.6 Å². The van der Waals surface area contributed by atoms with Gasteiger partial charge in [0.2, 0.25) is 0 Å². The number of benzene rings is 1. The van der Waals surface area contributed by atoms with Crippen molar-refractivity contribution >= 4 is 5.91 Å². The fourth-order valence-electron chi connectivity index (χ4n) is 1.57. The fraction of sp³-hybridized carbons (Fsp3) is 0.273. The predicted octanol–water partition coefficient (Wildman–Crippen LogP) is 0.554. The molecule has 6 nitrogen and oxygen atoms in total. The number of hydrogen-bond acceptors (Lipinski definition) is 4. The van der Waals surface area contributed by atoms with Gasteiger partial charge in [-0.25, -0.2) is 4.68 Å². The molecule has 1 fully saturated rings. The molecule has 1 aromatic carbocycles. The zero-order chi connectivity index (χ0) is 11.7. The summed E-state index contributed by atoms with van der Waals surface area (Å²) in [5.74, 6) is -0.0394. The standard InChI is InChI=1S/C11H11N5O/c17-11(13-9-4-5-9)8-2-1-3-10(6-8)16-7-12-14-15-16/h1-3,6-7,9H,4-5H2,(H,13,17). The Morgan fingerprint density at radius 3 is 3.00 bits per heavy atom. The third-order valence-electron chi connectivity index (χ3n) is 2.63. The quantitative estimate of drug-likeness (QED) is 0.834. The van der Waals surface area contributed by atoms with Crippen molar-refractivity contribution in [1.82, 2.24) is 25.5 Å². The van der Waals surface area contributed by atoms with Crippen LogP contribution in [0.1, 0.15) is 23.2 Å². The van der Waals surface area contributed by atoms with Crippen LogP contribution in [0.4, 0.5) is 0 Å². The van der Waals surface area contributed by atoms with E-state index >= 15 is 0 Å². The molecular formula is C11H11N5O. The minimum atomic E-state index is -0.0394. The van der Waals surface area contributed by atoms with Gasteiger partial charge in [-0.2, -0.15) is 0 Å². The van der Waals surface area contributed by atoms with Crippen molar-refractivity contribution in [1.29, 1.82) is 0 Å². The molecule has 3 rings (SSSR count). The monoisotopic (exact) mass is 229 g/mol. The molecule has 0 atom stereocenters. The molecule has 17 heavy (non-hydrogen) atoms. The van der Waals surface area contributed by atoms with E-state index in [1.165, 1.54) is 11.0 Å². The molecule has 1 aromatic heterocycles. The van der Waals surface area contributed by atoms with Gasteiger partial charge in [0.05, 0.1) is 5.69 Å². The Balaban J connectivity index is 1.85. The number of aromatic nitrogens is 4. The Kier molecular flexibility index (Phi) is 2.32. The van der Waals surface area contributed by atoms with Crippen LogP contribution < -0.4 is 5.32 Å². The first-order valence-electron chi connectivity index (χ1n) is 5.47. The number of nitrogens with one attached hydrogen (secondary N) is 1. The molecule has 0 unspecified atom stereocenters. The summed E-state index contributed by atoms with van der Waals surface area (Å²) in [4.78, 5) is 11.8. The smallest absolute Gasteiger partial charge is 0.251 e. The van der Waals surface area contributed by atoms with E-state index in [1.807, 2.05) is 12.1 Å². The first kappa shape index (κ1) is 9.95. The van der Waals surface area contributed by atoms with Crippen LogP contribution >= 0.6 is 0 Å². The first-order chi connectivity index (χ1) is 8.33. The molecule has 1 aliphatic rings. The molecule has 1 amide bonds. The topological polar surface area (TPSA) is 72.7 Å². The largest absolute Gasteiger partial charge is 0.349 e. The molecule has 0 radical (unpaired) electrons. The van der Waals surface area contributed by atoms with E-state index < -0.39 is 0 Å². The highest BCUT2D eigenvalue weighted by Crippen LogP contribution is 2.19. The van der Waals surface area contributed by atoms with Crippen LogP contribution in [0.15, 0.2) is 30.6 Å². The maximum atomic E-state index is 11.8. The first-order valence-corrected chi connectivity index (χ1v) is 5.47. The summed E-state index contributed by atoms with van der Waals surface area (Å²) in [6.07, 6.45) is 3.66. The number of nitrogens with zero attached hydrogens (tertiary/aromatic N) is 4. The molecule has 0 aliphatic heterocycles. The number of rotatable bonds is 3. The Morgan fingerprint density at radius 1 is 1.41 bits per heavy atom. The van der Waals surface area contributed by atoms with Crippen LogP contribution in [0.5, 0.6) is 0 Å². The third kappa shape index (κ3) is 2.15. The Morgan fingerprint density at radius 2 is 2.29 bits per heavy atom. The minimum absolute atomic E-state index is 0.0394. The van der Waals surface area contributed by atoms with Crippen molar-refractivity contribution in [3.8, 4) is 5.69 Å². The SMILES string of the molecule is O=C(NC1CC1)c1cccc(-n2cnnn2)c1. The zero-order valence-corrected chi connectivity index (χ0v) is 9.08. The van der Waals surface area contributed by atoms with Gasteiger partial charge in [-0.3, -0.25) is 4.79 Å². The highest BCUT2D eigenvalue weighted by molar-refractivity contribution is 5.95. The van der Waals surface area contributed by atoms with Crippen molar-refractivity contribution in [2.45, 2.75) is 18.9 Å². The minimum Gasteiger partial charge on any atom is -0.349 e. The summed E-state index contributed by atoms with van der Waals surface area (Å²) in [7, 11) is 0. The molecule has 1 saturated carbocycles. The van der Waals surface area contributed by atoms with Crippen LogP contribution in [0.25, 0.3) is 5.69 Å². The lowest BCUT2D eigenvalue weighted by atomic mass is 10.2. The van der Waals surface area contributed by atoms with Crippen molar-refractivity contribution in [2.24, 2.45) is 0 Å². The van der Waals surface area contributed by atoms with Gasteiger partial charge in [0, 0.05) is 11.6 Å². The summed E-state index contributed by atoms with van der Waals surface area (Å²) in [6, 6.07) is 7.59. The van der Waals surface area contributed by atoms with E-state index in [2.05, 4.69) is 20.8 Å². The van der Waals surface area contributed by atoms with Crippen LogP contribution in [-0.4, -0.2) is 32.2 Å². The average Bonchev–Trinajstić information content (AvgIpc) is 3.00. The molecule has 1 N–H and O–H groups in total. The van der Waals surface area contributed by atoms with E-state index in [-0.39, 0.29) is 5.91 Å². The number of tetrazole rings is 1. The van der Waals surface area contributed by atoms with Crippen molar-refractivity contribution < 1.29 is 4.79 Å². The lowest BCUT2D eigenvalue weighted by Gasteiger charge is -2.05. The summed E-state index contributed by atoms with van der Waals surface area (Å²) >= 11 is 0. The fourth-order valence-corrected chi connectivity index (χ4v) is 1.57. The average molecular weight is 229 g/mol. The van der Waals surface area contributed by atoms with Crippen LogP contribution in [0, 0.1) is 0 Å². The molecule has 2 aromatic rings. The molecule has 1 aliphatic carbocycles. The van der Waals surface area contributed by atoms with Gasteiger partial charge in [0.1, 0.15) is 6.33 Å². The predicted molar refractivity (Wildman–Crippen MR) is 59.6 cm³/mol. The normalized spacial score (nSPS) is 14.6. The second-order valence-corrected chi connectivity index (χ2v) is 4.05. The molecule has 86 valence electrons. The second-order valence-electron chi connectivity index (χ2n) is 4.05. The zero-order valence-electron chi connectivity index (χ0n) is 9.08. The van der Waals surface area contributed by atoms with Crippen molar-refractivity contribution in [3.05, 3.63) is 36.2 Å². The summed E-state index contributed by atoms with van der Waals surface area (Å²) in [5, 5.41) is 13.9. The number of carbonyl (C=O) groups excluding carboxylic acids is 1.